The zero-order chi connectivity index (χ0) is 23.3. The number of rotatable bonds is 7. The number of aliphatic hydroxyl groups excluding tert-OH is 3. The summed E-state index contributed by atoms with van der Waals surface area (Å²) < 4.78 is 1.51. The predicted octanol–water partition coefficient (Wildman–Crippen LogP) is 2.68. The van der Waals surface area contributed by atoms with Gasteiger partial charge < -0.3 is 20.6 Å². The lowest BCUT2D eigenvalue weighted by Crippen LogP contribution is -2.31. The molecule has 4 N–H and O–H groups in total. The molecule has 2 fully saturated rings. The van der Waals surface area contributed by atoms with Crippen molar-refractivity contribution >= 4 is 40.3 Å². The van der Waals surface area contributed by atoms with Crippen LogP contribution in [0.5, 0.6) is 0 Å². The van der Waals surface area contributed by atoms with E-state index in [1.165, 1.54) is 10.2 Å². The van der Waals surface area contributed by atoms with E-state index in [1.54, 1.807) is 11.8 Å². The van der Waals surface area contributed by atoms with Crippen LogP contribution >= 0.6 is 23.4 Å². The number of thioether (sulfide) groups is 1. The molecule has 2 aliphatic rings. The molecule has 2 saturated carbocycles. The zero-order valence-corrected chi connectivity index (χ0v) is 20.0. The number of hydrogen-bond acceptors (Lipinski definition) is 9. The number of aromatic nitrogens is 5. The first-order valence-electron chi connectivity index (χ1n) is 11.2. The number of aliphatic hydroxyl groups is 3. The lowest BCUT2D eigenvalue weighted by Gasteiger charge is -2.16. The van der Waals surface area contributed by atoms with Gasteiger partial charge in [-0.1, -0.05) is 47.6 Å². The number of fused-ring (bicyclic) bond motifs is 1. The average Bonchev–Trinajstić information content (AvgIpc) is 3.36. The summed E-state index contributed by atoms with van der Waals surface area (Å²) in [6.07, 6.45) is -1.27. The number of anilines is 1. The quantitative estimate of drug-likeness (QED) is 0.291. The first-order valence-corrected chi connectivity index (χ1v) is 12.6. The molecule has 176 valence electrons. The van der Waals surface area contributed by atoms with E-state index in [9.17, 15) is 15.3 Å². The van der Waals surface area contributed by atoms with Gasteiger partial charge in [0, 0.05) is 29.2 Å². The Bertz CT molecular complexity index is 1180. The molecule has 5 rings (SSSR count). The molecular formula is C22H27ClN6O3S. The van der Waals surface area contributed by atoms with E-state index in [0.29, 0.717) is 28.1 Å². The standard InChI is InChI=1S/C22H27ClN6O3S/c1-3-6-33-22-25-20(24-14-8-12(14)11-4-5-13(23)10(2)7-11)17-21(26-22)29(28-27-17)15-9-16(30)19(32)18(15)31/h4-5,7,12,14-16,18-19,30-32H,3,6,8-9H2,1-2H3,(H,24,25,26)/t12?,14?,15-,16+,18+,19-/m0/s1. The number of aryl methyl sites for hydroxylation is 1. The molecule has 0 bridgehead atoms. The Kier molecular flexibility index (Phi) is 6.21. The Morgan fingerprint density at radius 1 is 1.18 bits per heavy atom. The van der Waals surface area contributed by atoms with Gasteiger partial charge >= 0.3 is 0 Å². The molecule has 0 amide bonds. The summed E-state index contributed by atoms with van der Waals surface area (Å²) in [6, 6.07) is 5.72. The van der Waals surface area contributed by atoms with E-state index < -0.39 is 24.4 Å². The molecule has 2 aromatic heterocycles. The van der Waals surface area contributed by atoms with Crippen molar-refractivity contribution in [2.75, 3.05) is 11.1 Å². The number of benzene rings is 1. The van der Waals surface area contributed by atoms with Crippen LogP contribution in [0.4, 0.5) is 5.82 Å². The highest BCUT2D eigenvalue weighted by Crippen LogP contribution is 2.44. The third-order valence-electron chi connectivity index (χ3n) is 6.40. The van der Waals surface area contributed by atoms with Gasteiger partial charge in [-0.3, -0.25) is 0 Å². The Labute approximate surface area is 200 Å². The SMILES string of the molecule is CCCSc1nc(NC2CC2c2ccc(Cl)c(C)c2)c2nnn([C@H]3C[C@@H](O)[C@H](O)[C@@H]3O)c2n1. The van der Waals surface area contributed by atoms with E-state index in [1.807, 2.05) is 13.0 Å². The molecule has 3 aromatic rings. The van der Waals surface area contributed by atoms with Crippen LogP contribution in [0.25, 0.3) is 11.2 Å². The number of hydrogen-bond donors (Lipinski definition) is 4. The summed E-state index contributed by atoms with van der Waals surface area (Å²) in [5, 5.41) is 43.8. The molecule has 0 radical (unpaired) electrons. The maximum absolute atomic E-state index is 10.4. The fourth-order valence-corrected chi connectivity index (χ4v) is 5.23. The molecule has 0 saturated heterocycles. The van der Waals surface area contributed by atoms with Gasteiger partial charge in [-0.25, -0.2) is 14.6 Å². The minimum absolute atomic E-state index is 0.172. The first-order chi connectivity index (χ1) is 15.9. The largest absolute Gasteiger partial charge is 0.390 e. The molecule has 6 atom stereocenters. The molecular weight excluding hydrogens is 464 g/mol. The molecule has 2 unspecified atom stereocenters. The molecule has 11 heteroatoms. The highest BCUT2D eigenvalue weighted by Gasteiger charge is 2.44. The van der Waals surface area contributed by atoms with Crippen molar-refractivity contribution in [1.82, 2.24) is 25.0 Å². The van der Waals surface area contributed by atoms with Gasteiger partial charge in [0.25, 0.3) is 0 Å². The molecule has 1 aromatic carbocycles. The van der Waals surface area contributed by atoms with Crippen molar-refractivity contribution in [1.29, 1.82) is 0 Å². The lowest BCUT2D eigenvalue weighted by atomic mass is 10.1. The Hall–Kier alpha value is -1.98. The second-order valence-electron chi connectivity index (χ2n) is 8.86. The number of nitrogens with one attached hydrogen (secondary N) is 1. The van der Waals surface area contributed by atoms with Crippen LogP contribution in [0.3, 0.4) is 0 Å². The van der Waals surface area contributed by atoms with Crippen LogP contribution < -0.4 is 5.32 Å². The highest BCUT2D eigenvalue weighted by molar-refractivity contribution is 7.99. The Morgan fingerprint density at radius 2 is 2.00 bits per heavy atom. The maximum Gasteiger partial charge on any atom is 0.191 e. The van der Waals surface area contributed by atoms with Gasteiger partial charge in [-0.05, 0) is 37.0 Å². The van der Waals surface area contributed by atoms with E-state index in [-0.39, 0.29) is 12.5 Å². The van der Waals surface area contributed by atoms with E-state index >= 15 is 0 Å². The number of halogens is 1. The van der Waals surface area contributed by atoms with Crippen molar-refractivity contribution in [3.63, 3.8) is 0 Å². The lowest BCUT2D eigenvalue weighted by molar-refractivity contribution is -0.0253. The second-order valence-corrected chi connectivity index (χ2v) is 10.3. The van der Waals surface area contributed by atoms with Gasteiger partial charge in [0.15, 0.2) is 22.1 Å². The number of nitrogens with zero attached hydrogens (tertiary/aromatic N) is 5. The fraction of sp³-hybridized carbons (Fsp3) is 0.545. The van der Waals surface area contributed by atoms with E-state index in [2.05, 4.69) is 39.7 Å². The van der Waals surface area contributed by atoms with Gasteiger partial charge in [0.05, 0.1) is 12.1 Å². The summed E-state index contributed by atoms with van der Waals surface area (Å²) in [7, 11) is 0. The highest BCUT2D eigenvalue weighted by atomic mass is 35.5. The van der Waals surface area contributed by atoms with Crippen molar-refractivity contribution in [3.05, 3.63) is 34.3 Å². The predicted molar refractivity (Wildman–Crippen MR) is 127 cm³/mol. The molecule has 9 nitrogen and oxygen atoms in total. The van der Waals surface area contributed by atoms with Crippen molar-refractivity contribution in [2.45, 2.75) is 74.6 Å². The summed E-state index contributed by atoms with van der Waals surface area (Å²) in [5.74, 6) is 1.83. The Morgan fingerprint density at radius 3 is 2.70 bits per heavy atom. The molecule has 2 aliphatic carbocycles. The molecule has 33 heavy (non-hydrogen) atoms. The summed E-state index contributed by atoms with van der Waals surface area (Å²) in [5.41, 5.74) is 3.29. The van der Waals surface area contributed by atoms with Crippen molar-refractivity contribution < 1.29 is 15.3 Å². The molecule has 2 heterocycles. The minimum Gasteiger partial charge on any atom is -0.390 e. The van der Waals surface area contributed by atoms with Gasteiger partial charge in [-0.2, -0.15) is 0 Å². The van der Waals surface area contributed by atoms with Crippen LogP contribution in [0.15, 0.2) is 23.4 Å². The molecule has 0 spiro atoms. The van der Waals surface area contributed by atoms with E-state index in [4.69, 9.17) is 16.6 Å². The van der Waals surface area contributed by atoms with Crippen LogP contribution in [0.1, 0.15) is 49.3 Å². The van der Waals surface area contributed by atoms with Gasteiger partial charge in [0.2, 0.25) is 0 Å². The van der Waals surface area contributed by atoms with Crippen LogP contribution in [0, 0.1) is 6.92 Å². The summed E-state index contributed by atoms with van der Waals surface area (Å²) >= 11 is 7.73. The topological polar surface area (TPSA) is 129 Å². The third-order valence-corrected chi connectivity index (χ3v) is 7.87. The second kappa shape index (κ2) is 8.99. The van der Waals surface area contributed by atoms with Crippen LogP contribution in [0.2, 0.25) is 5.02 Å². The summed E-state index contributed by atoms with van der Waals surface area (Å²) in [4.78, 5) is 9.36. The van der Waals surface area contributed by atoms with Crippen molar-refractivity contribution in [3.8, 4) is 0 Å². The Balaban J connectivity index is 1.45. The van der Waals surface area contributed by atoms with Gasteiger partial charge in [-0.15, -0.1) is 5.10 Å². The minimum atomic E-state index is -1.22. The van der Waals surface area contributed by atoms with Crippen LogP contribution in [-0.2, 0) is 0 Å². The summed E-state index contributed by atoms with van der Waals surface area (Å²) in [6.45, 7) is 4.10. The van der Waals surface area contributed by atoms with Crippen molar-refractivity contribution in [2.24, 2.45) is 0 Å². The normalized spacial score (nSPS) is 29.0. The monoisotopic (exact) mass is 490 g/mol. The average molecular weight is 491 g/mol. The smallest absolute Gasteiger partial charge is 0.191 e. The van der Waals surface area contributed by atoms with Gasteiger partial charge in [0.1, 0.15) is 12.2 Å². The first kappa shape index (κ1) is 22.8. The zero-order valence-electron chi connectivity index (χ0n) is 18.4. The van der Waals surface area contributed by atoms with E-state index in [0.717, 1.165) is 29.2 Å². The fourth-order valence-electron chi connectivity index (χ4n) is 4.42. The van der Waals surface area contributed by atoms with Crippen LogP contribution in [-0.4, -0.2) is 70.4 Å². The maximum atomic E-state index is 10.4. The third kappa shape index (κ3) is 4.30. The molecule has 0 aliphatic heterocycles.